The van der Waals surface area contributed by atoms with E-state index in [0.29, 0.717) is 5.88 Å². The molecular formula is C16H18ClNO. The Bertz CT molecular complexity index is 543. The fraction of sp³-hybridized carbons (Fsp3) is 0.312. The molecule has 0 amide bonds. The molecule has 0 fully saturated rings. The molecule has 2 aromatic rings. The van der Waals surface area contributed by atoms with Crippen LogP contribution >= 0.6 is 11.6 Å². The minimum atomic E-state index is 0.154. The van der Waals surface area contributed by atoms with Crippen LogP contribution in [-0.4, -0.2) is 4.98 Å². The Morgan fingerprint density at radius 1 is 1.05 bits per heavy atom. The van der Waals surface area contributed by atoms with Gasteiger partial charge in [-0.25, -0.2) is 0 Å². The number of hydrogen-bond donors (Lipinski definition) is 0. The normalized spacial score (nSPS) is 11.4. The summed E-state index contributed by atoms with van der Waals surface area (Å²) in [6.45, 7) is 6.58. The van der Waals surface area contributed by atoms with Crippen LogP contribution in [0.4, 0.5) is 0 Å². The first-order valence-electron chi connectivity index (χ1n) is 6.28. The zero-order chi connectivity index (χ0) is 13.9. The molecule has 1 aromatic heterocycles. The molecule has 19 heavy (non-hydrogen) atoms. The van der Waals surface area contributed by atoms with Crippen LogP contribution in [0.2, 0.25) is 0 Å². The largest absolute Gasteiger partial charge is 0.457 e. The number of aromatic nitrogens is 1. The van der Waals surface area contributed by atoms with Gasteiger partial charge in [-0.1, -0.05) is 32.9 Å². The van der Waals surface area contributed by atoms with Crippen molar-refractivity contribution in [1.82, 2.24) is 4.98 Å². The monoisotopic (exact) mass is 275 g/mol. The van der Waals surface area contributed by atoms with Gasteiger partial charge in [0.15, 0.2) is 0 Å². The maximum Gasteiger partial charge on any atom is 0.130 e. The molecule has 1 aromatic carbocycles. The van der Waals surface area contributed by atoms with Crippen molar-refractivity contribution in [1.29, 1.82) is 0 Å². The van der Waals surface area contributed by atoms with Gasteiger partial charge < -0.3 is 4.74 Å². The van der Waals surface area contributed by atoms with Gasteiger partial charge in [-0.3, -0.25) is 4.98 Å². The standard InChI is InChI=1S/C16H18ClNO/c1-16(2,3)12-4-6-14(7-5-12)19-15-8-9-18-13(10-15)11-17/h4-10H,11H2,1-3H3. The van der Waals surface area contributed by atoms with Gasteiger partial charge in [0.2, 0.25) is 0 Å². The summed E-state index contributed by atoms with van der Waals surface area (Å²) in [6, 6.07) is 11.8. The number of ether oxygens (including phenoxy) is 1. The third-order valence-electron chi connectivity index (χ3n) is 2.88. The van der Waals surface area contributed by atoms with E-state index in [1.165, 1.54) is 5.56 Å². The molecule has 3 heteroatoms. The average Bonchev–Trinajstić information content (AvgIpc) is 2.38. The van der Waals surface area contributed by atoms with Gasteiger partial charge in [0.1, 0.15) is 11.5 Å². The number of pyridine rings is 1. The van der Waals surface area contributed by atoms with Crippen molar-refractivity contribution < 1.29 is 4.74 Å². The van der Waals surface area contributed by atoms with Crippen LogP contribution < -0.4 is 4.74 Å². The van der Waals surface area contributed by atoms with E-state index in [0.717, 1.165) is 17.2 Å². The first-order chi connectivity index (χ1) is 8.99. The maximum absolute atomic E-state index is 5.79. The molecule has 0 spiro atoms. The van der Waals surface area contributed by atoms with Crippen LogP contribution in [0.15, 0.2) is 42.6 Å². The molecule has 0 aliphatic rings. The second-order valence-corrected chi connectivity index (χ2v) is 5.76. The van der Waals surface area contributed by atoms with Crippen molar-refractivity contribution in [3.05, 3.63) is 53.9 Å². The predicted octanol–water partition coefficient (Wildman–Crippen LogP) is 4.91. The fourth-order valence-corrected chi connectivity index (χ4v) is 1.90. The summed E-state index contributed by atoms with van der Waals surface area (Å²) in [6.07, 6.45) is 1.70. The SMILES string of the molecule is CC(C)(C)c1ccc(Oc2ccnc(CCl)c2)cc1. The van der Waals surface area contributed by atoms with Gasteiger partial charge in [-0.2, -0.15) is 0 Å². The van der Waals surface area contributed by atoms with Crippen molar-refractivity contribution in [3.63, 3.8) is 0 Å². The second kappa shape index (κ2) is 5.62. The fourth-order valence-electron chi connectivity index (χ4n) is 1.75. The van der Waals surface area contributed by atoms with Crippen LogP contribution in [-0.2, 0) is 11.3 Å². The Labute approximate surface area is 119 Å². The lowest BCUT2D eigenvalue weighted by atomic mass is 9.87. The summed E-state index contributed by atoms with van der Waals surface area (Å²) in [7, 11) is 0. The summed E-state index contributed by atoms with van der Waals surface area (Å²) in [4.78, 5) is 4.13. The lowest BCUT2D eigenvalue weighted by Crippen LogP contribution is -2.10. The predicted molar refractivity (Wildman–Crippen MR) is 79.0 cm³/mol. The number of nitrogens with zero attached hydrogens (tertiary/aromatic N) is 1. The van der Waals surface area contributed by atoms with E-state index in [9.17, 15) is 0 Å². The number of rotatable bonds is 3. The quantitative estimate of drug-likeness (QED) is 0.743. The van der Waals surface area contributed by atoms with E-state index in [4.69, 9.17) is 16.3 Å². The Morgan fingerprint density at radius 2 is 1.74 bits per heavy atom. The van der Waals surface area contributed by atoms with Gasteiger partial charge >= 0.3 is 0 Å². The molecule has 1 heterocycles. The summed E-state index contributed by atoms with van der Waals surface area (Å²) in [5.41, 5.74) is 2.25. The zero-order valence-corrected chi connectivity index (χ0v) is 12.2. The summed E-state index contributed by atoms with van der Waals surface area (Å²) in [5, 5.41) is 0. The van der Waals surface area contributed by atoms with Crippen LogP contribution in [0.3, 0.4) is 0 Å². The van der Waals surface area contributed by atoms with Gasteiger partial charge in [0.05, 0.1) is 11.6 Å². The first kappa shape index (κ1) is 13.9. The molecule has 0 saturated carbocycles. The van der Waals surface area contributed by atoms with Gasteiger partial charge in [-0.05, 0) is 29.2 Å². The molecule has 0 aliphatic carbocycles. The summed E-state index contributed by atoms with van der Waals surface area (Å²) in [5.74, 6) is 1.97. The minimum absolute atomic E-state index is 0.154. The second-order valence-electron chi connectivity index (χ2n) is 5.49. The Hall–Kier alpha value is -1.54. The Balaban J connectivity index is 2.15. The lowest BCUT2D eigenvalue weighted by Gasteiger charge is -2.19. The highest BCUT2D eigenvalue weighted by atomic mass is 35.5. The highest BCUT2D eigenvalue weighted by molar-refractivity contribution is 6.16. The van der Waals surface area contributed by atoms with Crippen molar-refractivity contribution in [2.45, 2.75) is 32.1 Å². The van der Waals surface area contributed by atoms with Crippen molar-refractivity contribution in [3.8, 4) is 11.5 Å². The number of alkyl halides is 1. The van der Waals surface area contributed by atoms with E-state index >= 15 is 0 Å². The van der Waals surface area contributed by atoms with Crippen molar-refractivity contribution in [2.75, 3.05) is 0 Å². The Kier molecular flexibility index (Phi) is 4.11. The van der Waals surface area contributed by atoms with E-state index in [1.807, 2.05) is 24.3 Å². The summed E-state index contributed by atoms with van der Waals surface area (Å²) >= 11 is 5.75. The first-order valence-corrected chi connectivity index (χ1v) is 6.82. The molecule has 0 N–H and O–H groups in total. The molecular weight excluding hydrogens is 258 g/mol. The highest BCUT2D eigenvalue weighted by Gasteiger charge is 2.13. The molecule has 2 nitrogen and oxygen atoms in total. The molecule has 0 aliphatic heterocycles. The number of halogens is 1. The molecule has 0 radical (unpaired) electrons. The molecule has 0 unspecified atom stereocenters. The molecule has 2 rings (SSSR count). The maximum atomic E-state index is 5.79. The molecule has 0 atom stereocenters. The topological polar surface area (TPSA) is 22.1 Å². The van der Waals surface area contributed by atoms with Crippen LogP contribution in [0.25, 0.3) is 0 Å². The minimum Gasteiger partial charge on any atom is -0.457 e. The Morgan fingerprint density at radius 3 is 2.32 bits per heavy atom. The van der Waals surface area contributed by atoms with E-state index in [-0.39, 0.29) is 5.41 Å². The summed E-state index contributed by atoms with van der Waals surface area (Å²) < 4.78 is 5.79. The van der Waals surface area contributed by atoms with E-state index < -0.39 is 0 Å². The third-order valence-corrected chi connectivity index (χ3v) is 3.15. The molecule has 0 saturated heterocycles. The highest BCUT2D eigenvalue weighted by Crippen LogP contribution is 2.27. The van der Waals surface area contributed by atoms with E-state index in [1.54, 1.807) is 6.20 Å². The zero-order valence-electron chi connectivity index (χ0n) is 11.5. The van der Waals surface area contributed by atoms with Gasteiger partial charge in [-0.15, -0.1) is 11.6 Å². The van der Waals surface area contributed by atoms with Crippen molar-refractivity contribution >= 4 is 11.6 Å². The number of benzene rings is 1. The van der Waals surface area contributed by atoms with Crippen molar-refractivity contribution in [2.24, 2.45) is 0 Å². The average molecular weight is 276 g/mol. The molecule has 100 valence electrons. The van der Waals surface area contributed by atoms with E-state index in [2.05, 4.69) is 37.9 Å². The number of hydrogen-bond acceptors (Lipinski definition) is 2. The van der Waals surface area contributed by atoms with Crippen LogP contribution in [0, 0.1) is 0 Å². The van der Waals surface area contributed by atoms with Crippen LogP contribution in [0.1, 0.15) is 32.0 Å². The van der Waals surface area contributed by atoms with Gasteiger partial charge in [0, 0.05) is 12.3 Å². The smallest absolute Gasteiger partial charge is 0.130 e. The van der Waals surface area contributed by atoms with Crippen LogP contribution in [0.5, 0.6) is 11.5 Å². The van der Waals surface area contributed by atoms with Gasteiger partial charge in [0.25, 0.3) is 0 Å². The molecule has 0 bridgehead atoms. The lowest BCUT2D eigenvalue weighted by molar-refractivity contribution is 0.480. The third kappa shape index (κ3) is 3.71.